The first kappa shape index (κ1) is 17.5. The van der Waals surface area contributed by atoms with Crippen LogP contribution in [0.25, 0.3) is 5.57 Å². The first-order valence-corrected chi connectivity index (χ1v) is 9.70. The Balaban J connectivity index is 2.00. The van der Waals surface area contributed by atoms with Crippen molar-refractivity contribution < 1.29 is 5.11 Å². The molecule has 2 aliphatic carbocycles. The van der Waals surface area contributed by atoms with Gasteiger partial charge in [-0.1, -0.05) is 82.2 Å². The van der Waals surface area contributed by atoms with Crippen LogP contribution in [0.1, 0.15) is 64.9 Å². The van der Waals surface area contributed by atoms with Crippen LogP contribution in [0.4, 0.5) is 0 Å². The van der Waals surface area contributed by atoms with Crippen LogP contribution in [0.3, 0.4) is 0 Å². The lowest BCUT2D eigenvalue weighted by molar-refractivity contribution is -0.0428. The molecular weight excluding hydrogens is 292 g/mol. The van der Waals surface area contributed by atoms with Gasteiger partial charge in [0.1, 0.15) is 0 Å². The molecule has 24 heavy (non-hydrogen) atoms. The summed E-state index contributed by atoms with van der Waals surface area (Å²) in [5.41, 5.74) is 2.24. The smallest absolute Gasteiger partial charge is 0.0711 e. The van der Waals surface area contributed by atoms with E-state index in [1.807, 2.05) is 0 Å². The van der Waals surface area contributed by atoms with E-state index < -0.39 is 5.60 Å². The molecule has 2 aliphatic rings. The average molecular weight is 325 g/mol. The molecule has 1 saturated carbocycles. The molecule has 0 unspecified atom stereocenters. The Bertz CT molecular complexity index is 600. The lowest BCUT2D eigenvalue weighted by atomic mass is 9.61. The van der Waals surface area contributed by atoms with Crippen LogP contribution >= 0.6 is 0 Å². The molecule has 0 amide bonds. The molecule has 1 heteroatoms. The second kappa shape index (κ2) is 6.88. The van der Waals surface area contributed by atoms with Crippen molar-refractivity contribution in [2.45, 2.75) is 64.9 Å². The summed E-state index contributed by atoms with van der Waals surface area (Å²) in [6, 6.07) is 10.6. The topological polar surface area (TPSA) is 20.2 Å². The summed E-state index contributed by atoms with van der Waals surface area (Å²) in [5.74, 6) is 0.646. The second-order valence-electron chi connectivity index (χ2n) is 8.07. The van der Waals surface area contributed by atoms with Crippen LogP contribution in [0.2, 0.25) is 0 Å². The summed E-state index contributed by atoms with van der Waals surface area (Å²) in [6.07, 6.45) is 13.9. The maximum absolute atomic E-state index is 11.4. The summed E-state index contributed by atoms with van der Waals surface area (Å²) in [4.78, 5) is 0. The van der Waals surface area contributed by atoms with Crippen LogP contribution < -0.4 is 0 Å². The van der Waals surface area contributed by atoms with E-state index in [-0.39, 0.29) is 5.92 Å². The summed E-state index contributed by atoms with van der Waals surface area (Å²) < 4.78 is 0. The molecular formula is C23H32O. The number of aliphatic hydroxyl groups is 1. The number of hydrogen-bond acceptors (Lipinski definition) is 1. The van der Waals surface area contributed by atoms with Crippen molar-refractivity contribution >= 4 is 5.57 Å². The predicted octanol–water partition coefficient (Wildman–Crippen LogP) is 6.00. The average Bonchev–Trinajstić information content (AvgIpc) is 3.09. The molecule has 3 rings (SSSR count). The number of allylic oxidation sites excluding steroid dienone is 3. The van der Waals surface area contributed by atoms with E-state index in [4.69, 9.17) is 0 Å². The van der Waals surface area contributed by atoms with Gasteiger partial charge in [-0.05, 0) is 48.2 Å². The van der Waals surface area contributed by atoms with Crippen molar-refractivity contribution in [1.29, 1.82) is 0 Å². The van der Waals surface area contributed by atoms with Gasteiger partial charge >= 0.3 is 0 Å². The third-order valence-corrected chi connectivity index (χ3v) is 6.73. The fourth-order valence-corrected chi connectivity index (χ4v) is 4.90. The van der Waals surface area contributed by atoms with Gasteiger partial charge < -0.3 is 5.11 Å². The zero-order valence-corrected chi connectivity index (χ0v) is 15.5. The molecule has 1 N–H and O–H groups in total. The molecule has 0 heterocycles. The van der Waals surface area contributed by atoms with Gasteiger partial charge in [-0.25, -0.2) is 0 Å². The van der Waals surface area contributed by atoms with E-state index >= 15 is 0 Å². The highest BCUT2D eigenvalue weighted by atomic mass is 16.3. The highest BCUT2D eigenvalue weighted by Gasteiger charge is 2.46. The monoisotopic (exact) mass is 324 g/mol. The lowest BCUT2D eigenvalue weighted by Crippen LogP contribution is -2.45. The summed E-state index contributed by atoms with van der Waals surface area (Å²) in [7, 11) is 0. The van der Waals surface area contributed by atoms with Gasteiger partial charge in [0.15, 0.2) is 0 Å². The quantitative estimate of drug-likeness (QED) is 0.704. The van der Waals surface area contributed by atoms with Crippen molar-refractivity contribution in [2.75, 3.05) is 0 Å². The minimum absolute atomic E-state index is 0.204. The fourth-order valence-electron chi connectivity index (χ4n) is 4.90. The van der Waals surface area contributed by atoms with E-state index in [1.165, 1.54) is 36.8 Å². The summed E-state index contributed by atoms with van der Waals surface area (Å²) in [6.45, 7) is 6.70. The molecule has 1 aromatic rings. The highest BCUT2D eigenvalue weighted by molar-refractivity contribution is 5.75. The Labute approximate surface area is 147 Å². The summed E-state index contributed by atoms with van der Waals surface area (Å²) in [5, 5.41) is 11.4. The largest absolute Gasteiger partial charge is 0.389 e. The molecule has 0 bridgehead atoms. The molecule has 2 atom stereocenters. The molecule has 1 nitrogen and oxygen atoms in total. The van der Waals surface area contributed by atoms with Crippen molar-refractivity contribution in [2.24, 2.45) is 17.3 Å². The second-order valence-corrected chi connectivity index (χ2v) is 8.07. The Hall–Kier alpha value is -1.34. The molecule has 1 fully saturated rings. The van der Waals surface area contributed by atoms with Crippen molar-refractivity contribution in [3.05, 3.63) is 54.1 Å². The zero-order chi connectivity index (χ0) is 17.2. The molecule has 0 radical (unpaired) electrons. The fraction of sp³-hybridized carbons (Fsp3) is 0.565. The predicted molar refractivity (Wildman–Crippen MR) is 103 cm³/mol. The SMILES string of the molecule is CCC(O)(CC)[C@H]1C=C(c2ccccc2)C=C[C@@H]1C1(C)CCCC1. The third kappa shape index (κ3) is 3.11. The zero-order valence-electron chi connectivity index (χ0n) is 15.5. The number of hydrogen-bond donors (Lipinski definition) is 1. The van der Waals surface area contributed by atoms with E-state index in [9.17, 15) is 5.11 Å². The van der Waals surface area contributed by atoms with Gasteiger partial charge in [0, 0.05) is 5.92 Å². The number of rotatable bonds is 5. The molecule has 1 aromatic carbocycles. The van der Waals surface area contributed by atoms with Crippen LogP contribution in [0.15, 0.2) is 48.6 Å². The van der Waals surface area contributed by atoms with Crippen LogP contribution in [-0.2, 0) is 0 Å². The van der Waals surface area contributed by atoms with Gasteiger partial charge in [-0.15, -0.1) is 0 Å². The molecule has 0 aliphatic heterocycles. The normalized spacial score (nSPS) is 26.4. The first-order valence-electron chi connectivity index (χ1n) is 9.70. The van der Waals surface area contributed by atoms with Crippen molar-refractivity contribution in [3.8, 4) is 0 Å². The van der Waals surface area contributed by atoms with Crippen LogP contribution in [0.5, 0.6) is 0 Å². The minimum atomic E-state index is -0.610. The van der Waals surface area contributed by atoms with Gasteiger partial charge in [0.05, 0.1) is 5.60 Å². The maximum Gasteiger partial charge on any atom is 0.0711 e. The van der Waals surface area contributed by atoms with Crippen LogP contribution in [0, 0.1) is 17.3 Å². The van der Waals surface area contributed by atoms with E-state index in [0.29, 0.717) is 11.3 Å². The Kier molecular flexibility index (Phi) is 5.01. The van der Waals surface area contributed by atoms with Gasteiger partial charge in [0.2, 0.25) is 0 Å². The Morgan fingerprint density at radius 1 is 1.08 bits per heavy atom. The van der Waals surface area contributed by atoms with Crippen molar-refractivity contribution in [3.63, 3.8) is 0 Å². The Morgan fingerprint density at radius 2 is 1.71 bits per heavy atom. The van der Waals surface area contributed by atoms with Crippen molar-refractivity contribution in [1.82, 2.24) is 0 Å². The van der Waals surface area contributed by atoms with Crippen LogP contribution in [-0.4, -0.2) is 10.7 Å². The maximum atomic E-state index is 11.4. The third-order valence-electron chi connectivity index (χ3n) is 6.73. The minimum Gasteiger partial charge on any atom is -0.389 e. The molecule has 130 valence electrons. The van der Waals surface area contributed by atoms with Gasteiger partial charge in [0.25, 0.3) is 0 Å². The van der Waals surface area contributed by atoms with E-state index in [2.05, 4.69) is 69.3 Å². The van der Waals surface area contributed by atoms with Gasteiger partial charge in [-0.3, -0.25) is 0 Å². The standard InChI is InChI=1S/C23H32O/c1-4-23(24,5-2)21-17-19(18-11-7-6-8-12-18)13-14-20(21)22(3)15-9-10-16-22/h6-8,11-14,17,20-21,24H,4-5,9-10,15-16H2,1-3H3/t20-,21-/m0/s1. The van der Waals surface area contributed by atoms with E-state index in [1.54, 1.807) is 0 Å². The lowest BCUT2D eigenvalue weighted by Gasteiger charge is -2.46. The molecule has 0 aromatic heterocycles. The molecule has 0 spiro atoms. The highest BCUT2D eigenvalue weighted by Crippen LogP contribution is 2.52. The first-order chi connectivity index (χ1) is 11.5. The number of benzene rings is 1. The van der Waals surface area contributed by atoms with Gasteiger partial charge in [-0.2, -0.15) is 0 Å². The molecule has 0 saturated heterocycles. The van der Waals surface area contributed by atoms with E-state index in [0.717, 1.165) is 12.8 Å². The summed E-state index contributed by atoms with van der Waals surface area (Å²) >= 11 is 0. The Morgan fingerprint density at radius 3 is 2.29 bits per heavy atom.